The average molecular weight is 416 g/mol. The summed E-state index contributed by atoms with van der Waals surface area (Å²) in [5.41, 5.74) is 6.09. The van der Waals surface area contributed by atoms with E-state index in [1.54, 1.807) is 24.3 Å². The summed E-state index contributed by atoms with van der Waals surface area (Å²) in [4.78, 5) is 58.5. The summed E-state index contributed by atoms with van der Waals surface area (Å²) in [6.07, 6.45) is 1.48. The molecule has 3 atom stereocenters. The number of benzene rings is 1. The highest BCUT2D eigenvalue weighted by Crippen LogP contribution is 2.27. The second-order valence-electron chi connectivity index (χ2n) is 7.30. The Morgan fingerprint density at radius 3 is 2.57 bits per heavy atom. The molecule has 0 unspecified atom stereocenters. The molecule has 0 bridgehead atoms. The van der Waals surface area contributed by atoms with Gasteiger partial charge in [0, 0.05) is 18.3 Å². The Hall–Kier alpha value is -3.63. The van der Waals surface area contributed by atoms with Crippen LogP contribution in [0.2, 0.25) is 0 Å². The lowest BCUT2D eigenvalue weighted by Gasteiger charge is -2.38. The molecule has 2 fully saturated rings. The predicted octanol–water partition coefficient (Wildman–Crippen LogP) is -1.19. The summed E-state index contributed by atoms with van der Waals surface area (Å²) in [5.74, 6) is -1.70. The lowest BCUT2D eigenvalue weighted by atomic mass is 9.79. The molecule has 6 amide bonds. The van der Waals surface area contributed by atoms with Gasteiger partial charge in [0.15, 0.2) is 0 Å². The summed E-state index contributed by atoms with van der Waals surface area (Å²) in [6, 6.07) is 4.93. The van der Waals surface area contributed by atoms with Gasteiger partial charge in [-0.2, -0.15) is 0 Å². The molecular formula is C19H24N6O5. The van der Waals surface area contributed by atoms with Crippen LogP contribution in [0.25, 0.3) is 0 Å². The van der Waals surface area contributed by atoms with Gasteiger partial charge in [-0.15, -0.1) is 0 Å². The number of hydrogen-bond donors (Lipinski definition) is 6. The van der Waals surface area contributed by atoms with Crippen LogP contribution in [0.3, 0.4) is 0 Å². The van der Waals surface area contributed by atoms with Crippen molar-refractivity contribution in [2.45, 2.75) is 31.3 Å². The number of carbonyl (C=O) groups is 5. The molecule has 7 N–H and O–H groups in total. The molecule has 160 valence electrons. The maximum Gasteiger partial charge on any atom is 0.322 e. The van der Waals surface area contributed by atoms with Crippen LogP contribution in [0.15, 0.2) is 24.3 Å². The summed E-state index contributed by atoms with van der Waals surface area (Å²) < 4.78 is 0. The van der Waals surface area contributed by atoms with Gasteiger partial charge in [-0.25, -0.2) is 4.79 Å². The number of rotatable bonds is 8. The third kappa shape index (κ3) is 5.25. The Morgan fingerprint density at radius 1 is 1.13 bits per heavy atom. The van der Waals surface area contributed by atoms with Gasteiger partial charge < -0.3 is 27.0 Å². The quantitative estimate of drug-likeness (QED) is 0.311. The fourth-order valence-corrected chi connectivity index (χ4v) is 3.39. The molecule has 30 heavy (non-hydrogen) atoms. The van der Waals surface area contributed by atoms with Gasteiger partial charge in [0.05, 0.1) is 18.5 Å². The van der Waals surface area contributed by atoms with Crippen molar-refractivity contribution in [1.29, 1.82) is 0 Å². The van der Waals surface area contributed by atoms with Crippen LogP contribution in [-0.2, 0) is 14.4 Å². The zero-order chi connectivity index (χ0) is 21.7. The van der Waals surface area contributed by atoms with Crippen molar-refractivity contribution in [2.75, 3.05) is 18.4 Å². The van der Waals surface area contributed by atoms with Crippen LogP contribution in [0.1, 0.15) is 29.6 Å². The number of amides is 6. The molecule has 1 saturated carbocycles. The fraction of sp³-hybridized carbons (Fsp3) is 0.421. The summed E-state index contributed by atoms with van der Waals surface area (Å²) in [6.45, 7) is 0.345. The van der Waals surface area contributed by atoms with Crippen molar-refractivity contribution in [2.24, 2.45) is 11.7 Å². The number of anilines is 1. The van der Waals surface area contributed by atoms with Gasteiger partial charge in [-0.05, 0) is 30.9 Å². The summed E-state index contributed by atoms with van der Waals surface area (Å²) in [7, 11) is 0. The summed E-state index contributed by atoms with van der Waals surface area (Å²) >= 11 is 0. The molecule has 0 radical (unpaired) electrons. The van der Waals surface area contributed by atoms with Crippen molar-refractivity contribution >= 4 is 35.3 Å². The second-order valence-corrected chi connectivity index (χ2v) is 7.30. The van der Waals surface area contributed by atoms with E-state index in [2.05, 4.69) is 26.6 Å². The van der Waals surface area contributed by atoms with Gasteiger partial charge in [-0.1, -0.05) is 12.1 Å². The molecule has 1 saturated heterocycles. The Kier molecular flexibility index (Phi) is 6.50. The molecule has 1 aliphatic carbocycles. The zero-order valence-electron chi connectivity index (χ0n) is 16.2. The first-order chi connectivity index (χ1) is 14.3. The van der Waals surface area contributed by atoms with Crippen LogP contribution < -0.4 is 32.3 Å². The molecule has 2 aliphatic rings. The Bertz CT molecular complexity index is 857. The minimum atomic E-state index is -0.892. The van der Waals surface area contributed by atoms with Crippen molar-refractivity contribution in [3.63, 3.8) is 0 Å². The normalized spacial score (nSPS) is 22.7. The smallest absolute Gasteiger partial charge is 0.322 e. The van der Waals surface area contributed by atoms with E-state index < -0.39 is 29.8 Å². The first kappa shape index (κ1) is 21.1. The SMILES string of the molecule is NC(=O)c1ccccc1NCC(=O)NC[C@@H]1CC[C@@H]1NC(=O)[C@@H]1CC(=O)NC(=O)N1. The molecule has 1 aromatic carbocycles. The number of nitrogens with one attached hydrogen (secondary N) is 5. The highest BCUT2D eigenvalue weighted by Gasteiger charge is 2.36. The largest absolute Gasteiger partial charge is 0.376 e. The lowest BCUT2D eigenvalue weighted by molar-refractivity contribution is -0.130. The molecule has 1 aromatic rings. The van der Waals surface area contributed by atoms with E-state index in [1.807, 2.05) is 0 Å². The van der Waals surface area contributed by atoms with Gasteiger partial charge >= 0.3 is 6.03 Å². The predicted molar refractivity (Wildman–Crippen MR) is 106 cm³/mol. The fourth-order valence-electron chi connectivity index (χ4n) is 3.39. The van der Waals surface area contributed by atoms with Crippen LogP contribution in [0, 0.1) is 5.92 Å². The minimum Gasteiger partial charge on any atom is -0.376 e. The third-order valence-electron chi connectivity index (χ3n) is 5.20. The van der Waals surface area contributed by atoms with E-state index in [1.165, 1.54) is 0 Å². The number of carbonyl (C=O) groups excluding carboxylic acids is 5. The Balaban J connectivity index is 1.41. The van der Waals surface area contributed by atoms with E-state index in [9.17, 15) is 24.0 Å². The maximum atomic E-state index is 12.3. The van der Waals surface area contributed by atoms with Gasteiger partial charge in [-0.3, -0.25) is 24.5 Å². The van der Waals surface area contributed by atoms with E-state index in [4.69, 9.17) is 5.73 Å². The number of primary amides is 1. The second kappa shape index (κ2) is 9.25. The average Bonchev–Trinajstić information content (AvgIpc) is 2.69. The van der Waals surface area contributed by atoms with Gasteiger partial charge in [0.1, 0.15) is 6.04 Å². The Labute approximate surface area is 172 Å². The van der Waals surface area contributed by atoms with E-state index >= 15 is 0 Å². The number of hydrogen-bond acceptors (Lipinski definition) is 6. The zero-order valence-corrected chi connectivity index (χ0v) is 16.2. The minimum absolute atomic E-state index is 0.0305. The van der Waals surface area contributed by atoms with E-state index in [-0.39, 0.29) is 30.8 Å². The van der Waals surface area contributed by atoms with Gasteiger partial charge in [0.2, 0.25) is 17.7 Å². The highest BCUT2D eigenvalue weighted by atomic mass is 16.2. The number of para-hydroxylation sites is 1. The van der Waals surface area contributed by atoms with Crippen LogP contribution >= 0.6 is 0 Å². The van der Waals surface area contributed by atoms with Crippen molar-refractivity contribution in [3.8, 4) is 0 Å². The van der Waals surface area contributed by atoms with Crippen molar-refractivity contribution in [1.82, 2.24) is 21.3 Å². The number of nitrogens with two attached hydrogens (primary N) is 1. The molecule has 11 heteroatoms. The number of imide groups is 1. The molecule has 1 heterocycles. The van der Waals surface area contributed by atoms with Crippen LogP contribution in [-0.4, -0.2) is 54.8 Å². The molecule has 0 aromatic heterocycles. The van der Waals surface area contributed by atoms with Gasteiger partial charge in [0.25, 0.3) is 5.91 Å². The molecule has 0 spiro atoms. The van der Waals surface area contributed by atoms with Crippen LogP contribution in [0.5, 0.6) is 0 Å². The van der Waals surface area contributed by atoms with Crippen LogP contribution in [0.4, 0.5) is 10.5 Å². The first-order valence-electron chi connectivity index (χ1n) is 9.63. The standard InChI is InChI=1S/C19H24N6O5/c20-17(28)11-3-1-2-4-13(11)21-9-16(27)22-8-10-5-6-12(10)23-18(29)14-7-15(26)25-19(30)24-14/h1-4,10,12,14,21H,5-9H2,(H2,20,28)(H,22,27)(H,23,29)(H2,24,25,26,30)/t10-,12-,14-/m0/s1. The molecule has 1 aliphatic heterocycles. The van der Waals surface area contributed by atoms with Crippen molar-refractivity contribution in [3.05, 3.63) is 29.8 Å². The first-order valence-corrected chi connectivity index (χ1v) is 9.63. The highest BCUT2D eigenvalue weighted by molar-refractivity contribution is 6.02. The van der Waals surface area contributed by atoms with Crippen molar-refractivity contribution < 1.29 is 24.0 Å². The molecule has 3 rings (SSSR count). The molecule has 11 nitrogen and oxygen atoms in total. The van der Waals surface area contributed by atoms with E-state index in [0.717, 1.165) is 12.8 Å². The Morgan fingerprint density at radius 2 is 1.90 bits per heavy atom. The lowest BCUT2D eigenvalue weighted by Crippen LogP contribution is -2.61. The van der Waals surface area contributed by atoms with E-state index in [0.29, 0.717) is 17.8 Å². The molecular weight excluding hydrogens is 392 g/mol. The maximum absolute atomic E-state index is 12.3. The summed E-state index contributed by atoms with van der Waals surface area (Å²) in [5, 5.41) is 13.0. The third-order valence-corrected chi connectivity index (χ3v) is 5.20. The number of urea groups is 1. The monoisotopic (exact) mass is 416 g/mol. The topological polar surface area (TPSA) is 172 Å².